The topological polar surface area (TPSA) is 95.2 Å². The number of para-hydroxylation sites is 1. The van der Waals surface area contributed by atoms with Gasteiger partial charge in [-0.3, -0.25) is 14.4 Å². The number of Topliss-reactive ketones (excluding diaryl/α,β-unsaturated/α-hetero) is 1. The number of carbonyl (C=O) groups excluding carboxylic acids is 3. The van der Waals surface area contributed by atoms with E-state index in [0.717, 1.165) is 25.7 Å². The molecule has 1 aromatic carbocycles. The van der Waals surface area contributed by atoms with Crippen LogP contribution >= 0.6 is 0 Å². The summed E-state index contributed by atoms with van der Waals surface area (Å²) in [4.78, 5) is 46.9. The van der Waals surface area contributed by atoms with Crippen molar-refractivity contribution in [2.75, 3.05) is 6.54 Å². The first kappa shape index (κ1) is 26.6. The highest BCUT2D eigenvalue weighted by atomic mass is 19.4. The van der Waals surface area contributed by atoms with Gasteiger partial charge in [-0.25, -0.2) is 9.37 Å². The van der Waals surface area contributed by atoms with Gasteiger partial charge < -0.3 is 15.2 Å². The first-order valence-electron chi connectivity index (χ1n) is 11.8. The van der Waals surface area contributed by atoms with Crippen molar-refractivity contribution in [3.05, 3.63) is 29.8 Å². The monoisotopic (exact) mass is 498 g/mol. The Bertz CT molecular complexity index is 1070. The van der Waals surface area contributed by atoms with E-state index in [-0.39, 0.29) is 23.9 Å². The molecule has 3 atom stereocenters. The van der Waals surface area contributed by atoms with Crippen molar-refractivity contribution in [3.63, 3.8) is 0 Å². The van der Waals surface area contributed by atoms with E-state index in [0.29, 0.717) is 17.9 Å². The molecule has 0 unspecified atom stereocenters. The van der Waals surface area contributed by atoms with Gasteiger partial charge in [-0.05, 0) is 37.8 Å². The van der Waals surface area contributed by atoms with Crippen LogP contribution in [0.5, 0.6) is 0 Å². The number of amides is 2. The second kappa shape index (κ2) is 11.2. The minimum atomic E-state index is -4.74. The molecule has 2 amide bonds. The number of aromatic nitrogens is 2. The molecule has 0 radical (unpaired) electrons. The Morgan fingerprint density at radius 3 is 2.63 bits per heavy atom. The zero-order chi connectivity index (χ0) is 25.8. The van der Waals surface area contributed by atoms with Gasteiger partial charge in [0.2, 0.25) is 11.8 Å². The quantitative estimate of drug-likeness (QED) is 0.502. The Kier molecular flexibility index (Phi) is 8.50. The van der Waals surface area contributed by atoms with Crippen molar-refractivity contribution >= 4 is 28.6 Å². The number of halogens is 4. The highest BCUT2D eigenvalue weighted by molar-refractivity contribution is 5.93. The SMILES string of the molecule is CC[C@H]1CCCCN1C(=O)C[C@H](NC(=O)CC(F)(F)F)C(=O)C[C@@H](C)c1nc2c(F)cccc2[nH]1. The summed E-state index contributed by atoms with van der Waals surface area (Å²) in [5.74, 6) is -3.09. The Morgan fingerprint density at radius 2 is 1.97 bits per heavy atom. The van der Waals surface area contributed by atoms with Crippen molar-refractivity contribution in [3.8, 4) is 0 Å². The lowest BCUT2D eigenvalue weighted by Crippen LogP contribution is -2.49. The highest BCUT2D eigenvalue weighted by Gasteiger charge is 2.35. The highest BCUT2D eigenvalue weighted by Crippen LogP contribution is 2.25. The van der Waals surface area contributed by atoms with Gasteiger partial charge in [0.05, 0.1) is 18.0 Å². The van der Waals surface area contributed by atoms with Gasteiger partial charge in [-0.2, -0.15) is 13.2 Å². The molecule has 2 aromatic rings. The number of carbonyl (C=O) groups is 3. The number of piperidine rings is 1. The summed E-state index contributed by atoms with van der Waals surface area (Å²) in [5.41, 5.74) is 0.558. The number of hydrogen-bond acceptors (Lipinski definition) is 4. The molecule has 1 aromatic heterocycles. The molecule has 0 spiro atoms. The van der Waals surface area contributed by atoms with Crippen LogP contribution in [-0.4, -0.2) is 57.3 Å². The van der Waals surface area contributed by atoms with Crippen LogP contribution in [-0.2, 0) is 14.4 Å². The fourth-order valence-electron chi connectivity index (χ4n) is 4.51. The standard InChI is InChI=1S/C24H30F4N4O3/c1-3-15-7-4-5-10-32(15)21(35)12-18(29-20(34)13-24(26,27)28)19(33)11-14(2)23-30-17-9-6-8-16(25)22(17)31-23/h6,8-9,14-15,18H,3-5,7,10-13H2,1-2H3,(H,29,34)(H,30,31)/t14-,15+,18+/m1/s1. The lowest BCUT2D eigenvalue weighted by Gasteiger charge is -2.36. The molecule has 0 aliphatic carbocycles. The fraction of sp³-hybridized carbons (Fsp3) is 0.583. The van der Waals surface area contributed by atoms with Gasteiger partial charge in [-0.1, -0.05) is 19.9 Å². The molecule has 11 heteroatoms. The van der Waals surface area contributed by atoms with Gasteiger partial charge in [0.15, 0.2) is 11.6 Å². The molecule has 0 bridgehead atoms. The maximum absolute atomic E-state index is 14.0. The van der Waals surface area contributed by atoms with Crippen LogP contribution in [0.1, 0.15) is 70.5 Å². The number of imidazole rings is 1. The molecular weight excluding hydrogens is 468 g/mol. The number of likely N-dealkylation sites (tertiary alicyclic amines) is 1. The molecule has 35 heavy (non-hydrogen) atoms. The molecule has 2 heterocycles. The van der Waals surface area contributed by atoms with Crippen molar-refractivity contribution < 1.29 is 31.9 Å². The molecule has 7 nitrogen and oxygen atoms in total. The number of nitrogens with zero attached hydrogens (tertiary/aromatic N) is 2. The van der Waals surface area contributed by atoms with E-state index in [9.17, 15) is 31.9 Å². The molecule has 1 aliphatic rings. The number of rotatable bonds is 9. The van der Waals surface area contributed by atoms with Crippen LogP contribution in [0.2, 0.25) is 0 Å². The molecule has 1 fully saturated rings. The maximum atomic E-state index is 14.0. The summed E-state index contributed by atoms with van der Waals surface area (Å²) < 4.78 is 52.1. The Hall–Kier alpha value is -2.98. The average molecular weight is 499 g/mol. The first-order valence-corrected chi connectivity index (χ1v) is 11.8. The van der Waals surface area contributed by atoms with E-state index in [1.807, 2.05) is 6.92 Å². The van der Waals surface area contributed by atoms with E-state index in [2.05, 4.69) is 15.3 Å². The summed E-state index contributed by atoms with van der Waals surface area (Å²) in [6.45, 7) is 4.11. The number of alkyl halides is 3. The fourth-order valence-corrected chi connectivity index (χ4v) is 4.51. The third-order valence-electron chi connectivity index (χ3n) is 6.34. The predicted octanol–water partition coefficient (Wildman–Crippen LogP) is 4.38. The zero-order valence-corrected chi connectivity index (χ0v) is 19.8. The Balaban J connectivity index is 1.75. The van der Waals surface area contributed by atoms with Gasteiger partial charge in [0.1, 0.15) is 17.8 Å². The van der Waals surface area contributed by atoms with Crippen molar-refractivity contribution in [2.45, 2.75) is 83.0 Å². The van der Waals surface area contributed by atoms with Gasteiger partial charge in [0.25, 0.3) is 0 Å². The molecule has 2 N–H and O–H groups in total. The van der Waals surface area contributed by atoms with Gasteiger partial charge in [0, 0.05) is 24.9 Å². The second-order valence-electron chi connectivity index (χ2n) is 9.09. The molecule has 3 rings (SSSR count). The van der Waals surface area contributed by atoms with Crippen LogP contribution in [0.3, 0.4) is 0 Å². The third kappa shape index (κ3) is 7.02. The number of H-pyrrole nitrogens is 1. The van der Waals surface area contributed by atoms with Crippen molar-refractivity contribution in [2.24, 2.45) is 0 Å². The molecule has 1 aliphatic heterocycles. The van der Waals surface area contributed by atoms with Gasteiger partial charge >= 0.3 is 6.18 Å². The maximum Gasteiger partial charge on any atom is 0.397 e. The van der Waals surface area contributed by atoms with E-state index < -0.39 is 48.5 Å². The van der Waals surface area contributed by atoms with Crippen molar-refractivity contribution in [1.82, 2.24) is 20.2 Å². The largest absolute Gasteiger partial charge is 0.397 e. The van der Waals surface area contributed by atoms with E-state index in [4.69, 9.17) is 0 Å². The third-order valence-corrected chi connectivity index (χ3v) is 6.34. The molecular formula is C24H30F4N4O3. The lowest BCUT2D eigenvalue weighted by atomic mass is 9.95. The van der Waals surface area contributed by atoms with Crippen LogP contribution in [0, 0.1) is 5.82 Å². The minimum absolute atomic E-state index is 0.00208. The number of benzene rings is 1. The Labute approximate surface area is 200 Å². The van der Waals surface area contributed by atoms with Crippen molar-refractivity contribution in [1.29, 1.82) is 0 Å². The number of ketones is 1. The summed E-state index contributed by atoms with van der Waals surface area (Å²) in [7, 11) is 0. The van der Waals surface area contributed by atoms with Crippen LogP contribution < -0.4 is 5.32 Å². The number of fused-ring (bicyclic) bond motifs is 1. The van der Waals surface area contributed by atoms with E-state index >= 15 is 0 Å². The average Bonchev–Trinajstić information content (AvgIpc) is 3.23. The molecule has 1 saturated heterocycles. The van der Waals surface area contributed by atoms with Crippen LogP contribution in [0.15, 0.2) is 18.2 Å². The number of aromatic amines is 1. The summed E-state index contributed by atoms with van der Waals surface area (Å²) >= 11 is 0. The molecule has 192 valence electrons. The lowest BCUT2D eigenvalue weighted by molar-refractivity contribution is -0.155. The molecule has 0 saturated carbocycles. The predicted molar refractivity (Wildman–Crippen MR) is 121 cm³/mol. The summed E-state index contributed by atoms with van der Waals surface area (Å²) in [6.07, 6.45) is -3.78. The van der Waals surface area contributed by atoms with Crippen LogP contribution in [0.25, 0.3) is 11.0 Å². The van der Waals surface area contributed by atoms with E-state index in [1.165, 1.54) is 12.1 Å². The second-order valence-corrected chi connectivity index (χ2v) is 9.09. The smallest absolute Gasteiger partial charge is 0.345 e. The number of nitrogens with one attached hydrogen (secondary N) is 2. The number of hydrogen-bond donors (Lipinski definition) is 2. The van der Waals surface area contributed by atoms with E-state index in [1.54, 1.807) is 17.9 Å². The summed E-state index contributed by atoms with van der Waals surface area (Å²) in [6, 6.07) is 3.00. The normalized spacial score (nSPS) is 18.3. The van der Waals surface area contributed by atoms with Crippen LogP contribution in [0.4, 0.5) is 17.6 Å². The Morgan fingerprint density at radius 1 is 1.23 bits per heavy atom. The van der Waals surface area contributed by atoms with Gasteiger partial charge in [-0.15, -0.1) is 0 Å². The summed E-state index contributed by atoms with van der Waals surface area (Å²) in [5, 5.41) is 2.12. The first-order chi connectivity index (χ1) is 16.5. The zero-order valence-electron chi connectivity index (χ0n) is 19.8. The minimum Gasteiger partial charge on any atom is -0.345 e.